The molecule has 2 aliphatic heterocycles. The van der Waals surface area contributed by atoms with Gasteiger partial charge in [-0.05, 0) is 18.6 Å². The van der Waals surface area contributed by atoms with Gasteiger partial charge < -0.3 is 15.0 Å². The van der Waals surface area contributed by atoms with E-state index in [2.05, 4.69) is 5.32 Å². The second kappa shape index (κ2) is 5.75. The molecule has 2 amide bonds. The quantitative estimate of drug-likeness (QED) is 0.784. The number of alkyl halides is 3. The van der Waals surface area contributed by atoms with Crippen molar-refractivity contribution >= 4 is 45.0 Å². The van der Waals surface area contributed by atoms with Crippen LogP contribution in [-0.4, -0.2) is 42.1 Å². The maximum atomic E-state index is 12.9. The number of nitrogens with zero attached hydrogens (tertiary/aromatic N) is 1. The summed E-state index contributed by atoms with van der Waals surface area (Å²) in [5, 5.41) is 3.29. The van der Waals surface area contributed by atoms with Crippen molar-refractivity contribution in [3.63, 3.8) is 0 Å². The molecule has 5 nitrogen and oxygen atoms in total. The Hall–Kier alpha value is -2.00. The van der Waals surface area contributed by atoms with Crippen LogP contribution in [0.2, 0.25) is 5.02 Å². The minimum Gasteiger partial charge on any atom is -0.447 e. The lowest BCUT2D eigenvalue weighted by molar-refractivity contribution is -0.137. The van der Waals surface area contributed by atoms with Crippen molar-refractivity contribution < 1.29 is 27.5 Å². The van der Waals surface area contributed by atoms with E-state index in [4.69, 9.17) is 16.3 Å². The van der Waals surface area contributed by atoms with Gasteiger partial charge in [0.1, 0.15) is 11.5 Å². The maximum absolute atomic E-state index is 12.9. The summed E-state index contributed by atoms with van der Waals surface area (Å²) in [7, 11) is 0. The lowest BCUT2D eigenvalue weighted by atomic mass is 10.0. The van der Waals surface area contributed by atoms with E-state index in [1.165, 1.54) is 11.0 Å². The molecule has 2 aliphatic rings. The molecule has 1 unspecified atom stereocenters. The number of amides is 2. The molecule has 2 fully saturated rings. The average Bonchev–Trinajstić information content (AvgIpc) is 3.25. The van der Waals surface area contributed by atoms with Crippen molar-refractivity contribution in [2.75, 3.05) is 19.7 Å². The molecule has 2 saturated heterocycles. The summed E-state index contributed by atoms with van der Waals surface area (Å²) in [6, 6.07) is 3.23. The van der Waals surface area contributed by atoms with E-state index in [1.807, 2.05) is 0 Å². The van der Waals surface area contributed by atoms with Crippen molar-refractivity contribution in [2.24, 2.45) is 0 Å². The Morgan fingerprint density at radius 2 is 2.15 bits per heavy atom. The number of nitrogens with one attached hydrogen (secondary N) is 1. The van der Waals surface area contributed by atoms with Crippen LogP contribution in [0.25, 0.3) is 10.1 Å². The smallest absolute Gasteiger partial charge is 0.416 e. The van der Waals surface area contributed by atoms with Gasteiger partial charge >= 0.3 is 12.3 Å². The molecule has 0 saturated carbocycles. The molecule has 0 radical (unpaired) electrons. The number of ether oxygens (including phenoxy) is 1. The highest BCUT2D eigenvalue weighted by Gasteiger charge is 2.46. The number of fused-ring (bicyclic) bond motifs is 1. The summed E-state index contributed by atoms with van der Waals surface area (Å²) < 4.78 is 43.9. The molecule has 3 heterocycles. The van der Waals surface area contributed by atoms with Crippen LogP contribution < -0.4 is 5.32 Å². The largest absolute Gasteiger partial charge is 0.447 e. The minimum absolute atomic E-state index is 0.149. The lowest BCUT2D eigenvalue weighted by Gasteiger charge is -2.21. The van der Waals surface area contributed by atoms with Gasteiger partial charge in [-0.2, -0.15) is 13.2 Å². The second-order valence-corrected chi connectivity index (χ2v) is 7.84. The second-order valence-electron chi connectivity index (χ2n) is 6.41. The molecular formula is C16H12ClF3N2O3S. The fourth-order valence-corrected chi connectivity index (χ4v) is 4.80. The first-order valence-corrected chi connectivity index (χ1v) is 8.91. The van der Waals surface area contributed by atoms with Crippen LogP contribution in [0.1, 0.15) is 21.7 Å². The first kappa shape index (κ1) is 17.4. The highest BCUT2D eigenvalue weighted by Crippen LogP contribution is 2.40. The van der Waals surface area contributed by atoms with Crippen LogP contribution in [0.3, 0.4) is 0 Å². The van der Waals surface area contributed by atoms with E-state index in [9.17, 15) is 22.8 Å². The van der Waals surface area contributed by atoms with Crippen LogP contribution in [0, 0.1) is 0 Å². The van der Waals surface area contributed by atoms with Gasteiger partial charge in [0.2, 0.25) is 0 Å². The first-order chi connectivity index (χ1) is 12.2. The predicted molar refractivity (Wildman–Crippen MR) is 89.6 cm³/mol. The topological polar surface area (TPSA) is 58.6 Å². The zero-order valence-corrected chi connectivity index (χ0v) is 14.7. The molecule has 1 atom stereocenters. The number of cyclic esters (lactones) is 1. The number of hydrogen-bond donors (Lipinski definition) is 1. The molecular weight excluding hydrogens is 393 g/mol. The Kier molecular flexibility index (Phi) is 3.85. The van der Waals surface area contributed by atoms with Crippen LogP contribution in [-0.2, 0) is 10.9 Å². The number of halogens is 4. The predicted octanol–water partition coefficient (Wildman–Crippen LogP) is 3.90. The molecule has 0 aliphatic carbocycles. The van der Waals surface area contributed by atoms with Gasteiger partial charge in [0.05, 0.1) is 16.1 Å². The third-order valence-corrected chi connectivity index (χ3v) is 6.28. The van der Waals surface area contributed by atoms with Gasteiger partial charge in [0.15, 0.2) is 0 Å². The van der Waals surface area contributed by atoms with Crippen LogP contribution >= 0.6 is 22.9 Å². The van der Waals surface area contributed by atoms with E-state index in [0.717, 1.165) is 23.5 Å². The Labute approximate surface area is 154 Å². The Morgan fingerprint density at radius 1 is 1.38 bits per heavy atom. The maximum Gasteiger partial charge on any atom is 0.416 e. The first-order valence-electron chi connectivity index (χ1n) is 7.72. The Bertz CT molecular complexity index is 929. The van der Waals surface area contributed by atoms with Crippen molar-refractivity contribution in [3.8, 4) is 0 Å². The number of alkyl carbamates (subject to hydrolysis) is 1. The number of rotatable bonds is 1. The van der Waals surface area contributed by atoms with Gasteiger partial charge in [0.25, 0.3) is 5.91 Å². The van der Waals surface area contributed by atoms with Crippen LogP contribution in [0.15, 0.2) is 18.2 Å². The Morgan fingerprint density at radius 3 is 2.81 bits per heavy atom. The molecule has 1 aromatic carbocycles. The summed E-state index contributed by atoms with van der Waals surface area (Å²) in [4.78, 5) is 25.8. The average molecular weight is 405 g/mol. The van der Waals surface area contributed by atoms with Crippen molar-refractivity contribution in [2.45, 2.75) is 18.1 Å². The van der Waals surface area contributed by atoms with Crippen LogP contribution in [0.4, 0.5) is 18.0 Å². The van der Waals surface area contributed by atoms with E-state index in [1.54, 1.807) is 0 Å². The normalized spacial score (nSPS) is 22.9. The highest BCUT2D eigenvalue weighted by atomic mass is 35.5. The third-order valence-electron chi connectivity index (χ3n) is 4.64. The van der Waals surface area contributed by atoms with E-state index >= 15 is 0 Å². The van der Waals surface area contributed by atoms with Crippen molar-refractivity contribution in [1.82, 2.24) is 10.2 Å². The molecule has 10 heteroatoms. The van der Waals surface area contributed by atoms with Gasteiger partial charge in [-0.15, -0.1) is 11.3 Å². The number of hydrogen-bond acceptors (Lipinski definition) is 4. The van der Waals surface area contributed by atoms with Crippen molar-refractivity contribution in [3.05, 3.63) is 33.7 Å². The third kappa shape index (κ3) is 2.79. The number of thiophene rings is 1. The van der Waals surface area contributed by atoms with Gasteiger partial charge in [-0.25, -0.2) is 4.79 Å². The number of benzene rings is 1. The van der Waals surface area contributed by atoms with Gasteiger partial charge in [0, 0.05) is 23.2 Å². The molecule has 1 spiro atoms. The molecule has 138 valence electrons. The number of carbonyl (C=O) groups is 2. The van der Waals surface area contributed by atoms with E-state index in [0.29, 0.717) is 23.1 Å². The zero-order chi connectivity index (χ0) is 18.7. The van der Waals surface area contributed by atoms with Gasteiger partial charge in [-0.1, -0.05) is 17.7 Å². The number of likely N-dealkylation sites (tertiary alicyclic amines) is 1. The summed E-state index contributed by atoms with van der Waals surface area (Å²) in [5.74, 6) is -0.359. The molecule has 1 N–H and O–H groups in total. The van der Waals surface area contributed by atoms with Crippen molar-refractivity contribution in [1.29, 1.82) is 0 Å². The summed E-state index contributed by atoms with van der Waals surface area (Å²) in [6.07, 6.45) is -4.43. The van der Waals surface area contributed by atoms with E-state index in [-0.39, 0.29) is 29.0 Å². The fourth-order valence-electron chi connectivity index (χ4n) is 3.28. The molecule has 0 bridgehead atoms. The molecule has 2 aromatic rings. The minimum atomic E-state index is -4.46. The summed E-state index contributed by atoms with van der Waals surface area (Å²) >= 11 is 7.20. The summed E-state index contributed by atoms with van der Waals surface area (Å²) in [5.41, 5.74) is -1.38. The monoisotopic (exact) mass is 404 g/mol. The lowest BCUT2D eigenvalue weighted by Crippen LogP contribution is -2.46. The van der Waals surface area contributed by atoms with E-state index < -0.39 is 23.4 Å². The molecule has 1 aromatic heterocycles. The SMILES string of the molecule is O=C1NC2(CCN(C(=O)c3sc4cc(C(F)(F)F)ccc4c3Cl)C2)CO1. The molecule has 26 heavy (non-hydrogen) atoms. The Balaban J connectivity index is 1.63. The van der Waals surface area contributed by atoms with Gasteiger partial charge in [-0.3, -0.25) is 4.79 Å². The zero-order valence-electron chi connectivity index (χ0n) is 13.2. The molecule has 4 rings (SSSR count). The highest BCUT2D eigenvalue weighted by molar-refractivity contribution is 7.21. The standard InChI is InChI=1S/C16H12ClF3N2O3S/c17-11-9-2-1-8(16(18,19)20)5-10(9)26-12(11)13(23)22-4-3-15(6-22)7-25-14(24)21-15/h1-2,5H,3-4,6-7H2,(H,21,24). The number of carbonyl (C=O) groups excluding carboxylic acids is 2. The van der Waals surface area contributed by atoms with Crippen LogP contribution in [0.5, 0.6) is 0 Å². The summed E-state index contributed by atoms with van der Waals surface area (Å²) in [6.45, 7) is 0.863. The fraction of sp³-hybridized carbons (Fsp3) is 0.375.